The molecule has 0 bridgehead atoms. The zero-order valence-corrected chi connectivity index (χ0v) is 10.1. The van der Waals surface area contributed by atoms with Crippen LogP contribution < -0.4 is 5.32 Å². The van der Waals surface area contributed by atoms with Gasteiger partial charge in [-0.05, 0) is 46.4 Å². The van der Waals surface area contributed by atoms with Gasteiger partial charge in [-0.1, -0.05) is 13.8 Å². The molecule has 14 heavy (non-hydrogen) atoms. The largest absolute Gasteiger partial charge is 0.394 e. The van der Waals surface area contributed by atoms with Crippen LogP contribution in [0.3, 0.4) is 0 Å². The molecule has 0 rings (SSSR count). The van der Waals surface area contributed by atoms with E-state index >= 15 is 0 Å². The van der Waals surface area contributed by atoms with E-state index in [1.54, 1.807) is 0 Å². The van der Waals surface area contributed by atoms with Crippen LogP contribution in [-0.4, -0.2) is 49.3 Å². The Morgan fingerprint density at radius 2 is 1.93 bits per heavy atom. The van der Waals surface area contributed by atoms with E-state index in [4.69, 9.17) is 0 Å². The highest BCUT2D eigenvalue weighted by Gasteiger charge is 2.25. The molecular formula is C11H26N2O. The summed E-state index contributed by atoms with van der Waals surface area (Å²) in [5, 5.41) is 12.8. The summed E-state index contributed by atoms with van der Waals surface area (Å²) in [6.45, 7) is 6.48. The first-order valence-electron chi connectivity index (χ1n) is 5.61. The number of aliphatic hydroxyl groups is 1. The van der Waals surface area contributed by atoms with Crippen LogP contribution in [0, 0.1) is 0 Å². The van der Waals surface area contributed by atoms with Gasteiger partial charge in [0.05, 0.1) is 6.61 Å². The lowest BCUT2D eigenvalue weighted by Crippen LogP contribution is -2.48. The van der Waals surface area contributed by atoms with E-state index in [1.807, 2.05) is 0 Å². The molecule has 1 unspecified atom stereocenters. The topological polar surface area (TPSA) is 35.5 Å². The van der Waals surface area contributed by atoms with Crippen molar-refractivity contribution in [1.29, 1.82) is 0 Å². The van der Waals surface area contributed by atoms with Gasteiger partial charge in [0.2, 0.25) is 0 Å². The Morgan fingerprint density at radius 1 is 1.29 bits per heavy atom. The number of aliphatic hydroxyl groups excluding tert-OH is 1. The molecule has 3 nitrogen and oxygen atoms in total. The molecule has 0 fully saturated rings. The Balaban J connectivity index is 3.94. The van der Waals surface area contributed by atoms with Gasteiger partial charge in [0.25, 0.3) is 0 Å². The third kappa shape index (κ3) is 4.94. The van der Waals surface area contributed by atoms with Crippen molar-refractivity contribution in [1.82, 2.24) is 10.2 Å². The van der Waals surface area contributed by atoms with Crippen LogP contribution >= 0.6 is 0 Å². The molecule has 0 radical (unpaired) electrons. The third-order valence-corrected chi connectivity index (χ3v) is 2.79. The predicted octanol–water partition coefficient (Wildman–Crippen LogP) is 1.08. The summed E-state index contributed by atoms with van der Waals surface area (Å²) >= 11 is 0. The van der Waals surface area contributed by atoms with E-state index in [2.05, 4.69) is 38.2 Å². The second kappa shape index (κ2) is 7.21. The van der Waals surface area contributed by atoms with Crippen LogP contribution in [0.1, 0.15) is 33.1 Å². The second-order valence-electron chi connectivity index (χ2n) is 4.23. The molecule has 0 aliphatic carbocycles. The van der Waals surface area contributed by atoms with E-state index in [0.29, 0.717) is 0 Å². The number of nitrogens with one attached hydrogen (secondary N) is 1. The van der Waals surface area contributed by atoms with Crippen molar-refractivity contribution in [3.8, 4) is 0 Å². The van der Waals surface area contributed by atoms with E-state index in [0.717, 1.165) is 32.4 Å². The molecule has 2 N–H and O–H groups in total. The van der Waals surface area contributed by atoms with Crippen molar-refractivity contribution < 1.29 is 5.11 Å². The summed E-state index contributed by atoms with van der Waals surface area (Å²) < 4.78 is 0. The zero-order valence-electron chi connectivity index (χ0n) is 10.1. The Hall–Kier alpha value is -0.120. The van der Waals surface area contributed by atoms with Gasteiger partial charge in [0.15, 0.2) is 0 Å². The van der Waals surface area contributed by atoms with Crippen molar-refractivity contribution >= 4 is 0 Å². The minimum atomic E-state index is -0.0508. The first kappa shape index (κ1) is 13.9. The molecule has 1 atom stereocenters. The van der Waals surface area contributed by atoms with Crippen LogP contribution in [0.5, 0.6) is 0 Å². The third-order valence-electron chi connectivity index (χ3n) is 2.79. The molecule has 3 heteroatoms. The molecule has 0 saturated carbocycles. The Labute approximate surface area is 88.5 Å². The molecule has 0 aromatic rings. The lowest BCUT2D eigenvalue weighted by Gasteiger charge is -2.32. The minimum absolute atomic E-state index is 0.0508. The summed E-state index contributed by atoms with van der Waals surface area (Å²) in [4.78, 5) is 2.18. The summed E-state index contributed by atoms with van der Waals surface area (Å²) in [5.74, 6) is 0. The summed E-state index contributed by atoms with van der Waals surface area (Å²) in [6.07, 6.45) is 3.17. The van der Waals surface area contributed by atoms with Gasteiger partial charge >= 0.3 is 0 Å². The number of hydrogen-bond acceptors (Lipinski definition) is 3. The summed E-state index contributed by atoms with van der Waals surface area (Å²) in [7, 11) is 4.17. The van der Waals surface area contributed by atoms with Gasteiger partial charge in [0, 0.05) is 5.54 Å². The van der Waals surface area contributed by atoms with E-state index in [1.165, 1.54) is 0 Å². The fourth-order valence-electron chi connectivity index (χ4n) is 1.75. The van der Waals surface area contributed by atoms with Gasteiger partial charge < -0.3 is 15.3 Å². The lowest BCUT2D eigenvalue weighted by atomic mass is 9.91. The van der Waals surface area contributed by atoms with Gasteiger partial charge in [0.1, 0.15) is 0 Å². The van der Waals surface area contributed by atoms with Gasteiger partial charge in [-0.25, -0.2) is 0 Å². The predicted molar refractivity (Wildman–Crippen MR) is 61.6 cm³/mol. The Morgan fingerprint density at radius 3 is 2.29 bits per heavy atom. The average molecular weight is 202 g/mol. The monoisotopic (exact) mass is 202 g/mol. The number of nitrogens with zero attached hydrogens (tertiary/aromatic N) is 1. The van der Waals surface area contributed by atoms with Gasteiger partial charge in [-0.3, -0.25) is 0 Å². The average Bonchev–Trinajstić information content (AvgIpc) is 2.16. The van der Waals surface area contributed by atoms with Crippen LogP contribution in [0.4, 0.5) is 0 Å². The van der Waals surface area contributed by atoms with Crippen LogP contribution in [0.25, 0.3) is 0 Å². The number of likely N-dealkylation sites (N-methyl/N-ethyl adjacent to an activating group) is 1. The van der Waals surface area contributed by atoms with Crippen LogP contribution in [0.2, 0.25) is 0 Å². The van der Waals surface area contributed by atoms with Crippen molar-refractivity contribution in [2.24, 2.45) is 0 Å². The molecule has 0 heterocycles. The lowest BCUT2D eigenvalue weighted by molar-refractivity contribution is 0.143. The van der Waals surface area contributed by atoms with Crippen molar-refractivity contribution in [2.45, 2.75) is 38.6 Å². The fraction of sp³-hybridized carbons (Fsp3) is 1.00. The molecule has 0 amide bonds. The summed E-state index contributed by atoms with van der Waals surface area (Å²) in [5.41, 5.74) is -0.0508. The molecule has 0 aliphatic heterocycles. The molecule has 0 saturated heterocycles. The van der Waals surface area contributed by atoms with E-state index in [-0.39, 0.29) is 12.1 Å². The second-order valence-corrected chi connectivity index (χ2v) is 4.23. The van der Waals surface area contributed by atoms with Crippen LogP contribution in [0.15, 0.2) is 0 Å². The van der Waals surface area contributed by atoms with Gasteiger partial charge in [-0.15, -0.1) is 0 Å². The standard InChI is InChI=1S/C11H26N2O/c1-5-11(10-14,12-6-2)8-7-9-13(3)4/h12,14H,5-10H2,1-4H3. The number of hydrogen-bond donors (Lipinski definition) is 2. The fourth-order valence-corrected chi connectivity index (χ4v) is 1.75. The number of rotatable bonds is 8. The molecular weight excluding hydrogens is 176 g/mol. The highest BCUT2D eigenvalue weighted by molar-refractivity contribution is 4.85. The normalized spacial score (nSPS) is 15.9. The highest BCUT2D eigenvalue weighted by atomic mass is 16.3. The van der Waals surface area contributed by atoms with Crippen molar-refractivity contribution in [3.63, 3.8) is 0 Å². The zero-order chi connectivity index (χ0) is 11.0. The van der Waals surface area contributed by atoms with E-state index in [9.17, 15) is 5.11 Å². The van der Waals surface area contributed by atoms with E-state index < -0.39 is 0 Å². The molecule has 0 aromatic heterocycles. The first-order chi connectivity index (χ1) is 6.60. The Kier molecular flexibility index (Phi) is 7.15. The smallest absolute Gasteiger partial charge is 0.0613 e. The first-order valence-corrected chi connectivity index (χ1v) is 5.61. The molecule has 0 aliphatic rings. The molecule has 0 aromatic carbocycles. The molecule has 86 valence electrons. The SMILES string of the molecule is CCNC(CC)(CO)CCCN(C)C. The van der Waals surface area contributed by atoms with Crippen molar-refractivity contribution in [3.05, 3.63) is 0 Å². The molecule has 0 spiro atoms. The summed E-state index contributed by atoms with van der Waals surface area (Å²) in [6, 6.07) is 0. The minimum Gasteiger partial charge on any atom is -0.394 e. The maximum absolute atomic E-state index is 9.40. The van der Waals surface area contributed by atoms with Crippen LogP contribution in [-0.2, 0) is 0 Å². The quantitative estimate of drug-likeness (QED) is 0.618. The Bertz CT molecular complexity index is 133. The maximum Gasteiger partial charge on any atom is 0.0613 e. The maximum atomic E-state index is 9.40. The van der Waals surface area contributed by atoms with Gasteiger partial charge in [-0.2, -0.15) is 0 Å². The highest BCUT2D eigenvalue weighted by Crippen LogP contribution is 2.16. The van der Waals surface area contributed by atoms with Crippen molar-refractivity contribution in [2.75, 3.05) is 33.8 Å².